The quantitative estimate of drug-likeness (QED) is 0.606. The summed E-state index contributed by atoms with van der Waals surface area (Å²) in [5.41, 5.74) is 3.00. The molecule has 0 aliphatic carbocycles. The molecule has 0 saturated heterocycles. The van der Waals surface area contributed by atoms with Gasteiger partial charge in [-0.05, 0) is 38.8 Å². The van der Waals surface area contributed by atoms with Gasteiger partial charge in [0.05, 0.1) is 12.8 Å². The number of ether oxygens (including phenoxy) is 1. The summed E-state index contributed by atoms with van der Waals surface area (Å²) in [4.78, 5) is 9.35. The van der Waals surface area contributed by atoms with E-state index in [-0.39, 0.29) is 5.54 Å². The van der Waals surface area contributed by atoms with Crippen molar-refractivity contribution in [3.63, 3.8) is 0 Å². The van der Waals surface area contributed by atoms with Crippen LogP contribution in [-0.2, 0) is 6.42 Å². The van der Waals surface area contributed by atoms with Crippen molar-refractivity contribution in [3.05, 3.63) is 66.2 Å². The number of nitrogens with zero attached hydrogens (tertiary/aromatic N) is 2. The van der Waals surface area contributed by atoms with Crippen molar-refractivity contribution in [2.45, 2.75) is 32.7 Å². The first-order chi connectivity index (χ1) is 13.4. The summed E-state index contributed by atoms with van der Waals surface area (Å²) in [6.45, 7) is 7.04. The van der Waals surface area contributed by atoms with Crippen molar-refractivity contribution < 1.29 is 4.74 Å². The van der Waals surface area contributed by atoms with Crippen molar-refractivity contribution in [2.24, 2.45) is 0 Å². The number of nitrogens with one attached hydrogen (secondary N) is 2. The summed E-state index contributed by atoms with van der Waals surface area (Å²) >= 11 is 0. The number of aromatic nitrogens is 2. The van der Waals surface area contributed by atoms with Crippen LogP contribution in [0, 0.1) is 0 Å². The minimum atomic E-state index is -0.121. The van der Waals surface area contributed by atoms with Crippen molar-refractivity contribution in [1.82, 2.24) is 9.97 Å². The lowest BCUT2D eigenvalue weighted by Crippen LogP contribution is -2.27. The van der Waals surface area contributed by atoms with Crippen LogP contribution in [-0.4, -0.2) is 29.2 Å². The van der Waals surface area contributed by atoms with E-state index < -0.39 is 0 Å². The highest BCUT2D eigenvalue weighted by molar-refractivity contribution is 5.64. The molecule has 0 fully saturated rings. The van der Waals surface area contributed by atoms with Gasteiger partial charge in [0.15, 0.2) is 0 Å². The van der Waals surface area contributed by atoms with Gasteiger partial charge in [-0.25, -0.2) is 4.98 Å². The van der Waals surface area contributed by atoms with Crippen molar-refractivity contribution in [2.75, 3.05) is 24.3 Å². The predicted octanol–water partition coefficient (Wildman–Crippen LogP) is 5.02. The lowest BCUT2D eigenvalue weighted by Gasteiger charge is -2.21. The maximum Gasteiger partial charge on any atom is 0.225 e. The van der Waals surface area contributed by atoms with Crippen LogP contribution >= 0.6 is 0 Å². The second-order valence-electron chi connectivity index (χ2n) is 7.69. The number of rotatable bonds is 7. The fraction of sp³-hybridized carbons (Fsp3) is 0.304. The van der Waals surface area contributed by atoms with Crippen LogP contribution in [0.4, 0.5) is 11.8 Å². The Balaban J connectivity index is 1.80. The summed E-state index contributed by atoms with van der Waals surface area (Å²) in [7, 11) is 1.70. The molecule has 0 saturated carbocycles. The molecule has 0 atom stereocenters. The van der Waals surface area contributed by atoms with E-state index in [0.717, 1.165) is 35.8 Å². The summed E-state index contributed by atoms with van der Waals surface area (Å²) in [5, 5.41) is 6.81. The third-order valence-corrected chi connectivity index (χ3v) is 4.18. The Hall–Kier alpha value is -3.08. The maximum absolute atomic E-state index is 5.44. The molecule has 0 amide bonds. The van der Waals surface area contributed by atoms with E-state index in [1.807, 2.05) is 42.5 Å². The molecule has 28 heavy (non-hydrogen) atoms. The van der Waals surface area contributed by atoms with Gasteiger partial charge in [-0.1, -0.05) is 48.5 Å². The standard InChI is InChI=1S/C23H28N4O/c1-23(2,3)27-22-25-19(17-10-6-5-7-11-17)16-21(26-22)24-15-14-18-12-8-9-13-20(18)28-4/h5-13,16H,14-15H2,1-4H3,(H2,24,25,26,27). The Morgan fingerprint density at radius 1 is 0.929 bits per heavy atom. The maximum atomic E-state index is 5.44. The number of hydrogen-bond acceptors (Lipinski definition) is 5. The van der Waals surface area contributed by atoms with Crippen LogP contribution < -0.4 is 15.4 Å². The topological polar surface area (TPSA) is 59.1 Å². The molecule has 5 nitrogen and oxygen atoms in total. The van der Waals surface area contributed by atoms with Gasteiger partial charge in [-0.15, -0.1) is 0 Å². The Morgan fingerprint density at radius 3 is 2.36 bits per heavy atom. The molecule has 5 heteroatoms. The number of methoxy groups -OCH3 is 1. The zero-order valence-electron chi connectivity index (χ0n) is 17.0. The van der Waals surface area contributed by atoms with Crippen molar-refractivity contribution in [1.29, 1.82) is 0 Å². The second kappa shape index (κ2) is 8.74. The fourth-order valence-corrected chi connectivity index (χ4v) is 2.92. The summed E-state index contributed by atoms with van der Waals surface area (Å²) < 4.78 is 5.44. The fourth-order valence-electron chi connectivity index (χ4n) is 2.92. The highest BCUT2D eigenvalue weighted by Crippen LogP contribution is 2.23. The Labute approximate surface area is 167 Å². The van der Waals surface area contributed by atoms with Gasteiger partial charge in [-0.3, -0.25) is 0 Å². The van der Waals surface area contributed by atoms with E-state index in [0.29, 0.717) is 5.95 Å². The van der Waals surface area contributed by atoms with Crippen LogP contribution in [0.3, 0.4) is 0 Å². The van der Waals surface area contributed by atoms with Crippen molar-refractivity contribution in [3.8, 4) is 17.0 Å². The van der Waals surface area contributed by atoms with E-state index in [9.17, 15) is 0 Å². The number of anilines is 2. The van der Waals surface area contributed by atoms with Crippen LogP contribution in [0.2, 0.25) is 0 Å². The predicted molar refractivity (Wildman–Crippen MR) is 116 cm³/mol. The monoisotopic (exact) mass is 376 g/mol. The zero-order chi connectivity index (χ0) is 20.0. The molecule has 146 valence electrons. The highest BCUT2D eigenvalue weighted by atomic mass is 16.5. The van der Waals surface area contributed by atoms with Gasteiger partial charge in [0.25, 0.3) is 0 Å². The Morgan fingerprint density at radius 2 is 1.64 bits per heavy atom. The number of para-hydroxylation sites is 1. The van der Waals surface area contributed by atoms with Gasteiger partial charge < -0.3 is 15.4 Å². The largest absolute Gasteiger partial charge is 0.496 e. The molecule has 0 radical (unpaired) electrons. The lowest BCUT2D eigenvalue weighted by atomic mass is 10.1. The van der Waals surface area contributed by atoms with Crippen LogP contribution in [0.15, 0.2) is 60.7 Å². The minimum absolute atomic E-state index is 0.121. The van der Waals surface area contributed by atoms with Crippen LogP contribution in [0.25, 0.3) is 11.3 Å². The average Bonchev–Trinajstić information content (AvgIpc) is 2.67. The SMILES string of the molecule is COc1ccccc1CCNc1cc(-c2ccccc2)nc(NC(C)(C)C)n1. The van der Waals surface area contributed by atoms with Gasteiger partial charge in [0.2, 0.25) is 5.95 Å². The Bertz CT molecular complexity index is 904. The Kier molecular flexibility index (Phi) is 6.14. The van der Waals surface area contributed by atoms with E-state index in [4.69, 9.17) is 9.72 Å². The molecule has 0 spiro atoms. The van der Waals surface area contributed by atoms with E-state index in [2.05, 4.69) is 54.6 Å². The number of benzene rings is 2. The zero-order valence-corrected chi connectivity index (χ0v) is 17.0. The summed E-state index contributed by atoms with van der Waals surface area (Å²) in [6.07, 6.45) is 0.844. The molecule has 0 aliphatic rings. The molecule has 1 heterocycles. The molecule has 0 unspecified atom stereocenters. The summed E-state index contributed by atoms with van der Waals surface area (Å²) in [6, 6.07) is 20.2. The van der Waals surface area contributed by atoms with E-state index in [1.165, 1.54) is 5.56 Å². The second-order valence-corrected chi connectivity index (χ2v) is 7.69. The van der Waals surface area contributed by atoms with E-state index in [1.54, 1.807) is 7.11 Å². The first kappa shape index (κ1) is 19.7. The van der Waals surface area contributed by atoms with Gasteiger partial charge in [-0.2, -0.15) is 4.98 Å². The smallest absolute Gasteiger partial charge is 0.225 e. The molecule has 0 bridgehead atoms. The number of hydrogen-bond donors (Lipinski definition) is 2. The van der Waals surface area contributed by atoms with Crippen molar-refractivity contribution >= 4 is 11.8 Å². The molecule has 3 aromatic rings. The first-order valence-corrected chi connectivity index (χ1v) is 9.53. The highest BCUT2D eigenvalue weighted by Gasteiger charge is 2.14. The van der Waals surface area contributed by atoms with Gasteiger partial charge in [0, 0.05) is 23.7 Å². The first-order valence-electron chi connectivity index (χ1n) is 9.53. The molecule has 3 rings (SSSR count). The van der Waals surface area contributed by atoms with Gasteiger partial charge in [0.1, 0.15) is 11.6 Å². The molecule has 1 aromatic heterocycles. The molecule has 2 N–H and O–H groups in total. The summed E-state index contributed by atoms with van der Waals surface area (Å²) in [5.74, 6) is 2.33. The lowest BCUT2D eigenvalue weighted by molar-refractivity contribution is 0.410. The van der Waals surface area contributed by atoms with Gasteiger partial charge >= 0.3 is 0 Å². The molecule has 2 aromatic carbocycles. The molecule has 0 aliphatic heterocycles. The third kappa shape index (κ3) is 5.46. The van der Waals surface area contributed by atoms with E-state index >= 15 is 0 Å². The minimum Gasteiger partial charge on any atom is -0.496 e. The average molecular weight is 377 g/mol. The van der Waals surface area contributed by atoms with Crippen LogP contribution in [0.5, 0.6) is 5.75 Å². The molecular formula is C23H28N4O. The molecular weight excluding hydrogens is 348 g/mol. The van der Waals surface area contributed by atoms with Crippen LogP contribution in [0.1, 0.15) is 26.3 Å². The normalized spacial score (nSPS) is 11.1. The third-order valence-electron chi connectivity index (χ3n) is 4.18.